The van der Waals surface area contributed by atoms with Gasteiger partial charge in [-0.3, -0.25) is 4.79 Å². The summed E-state index contributed by atoms with van der Waals surface area (Å²) in [5.74, 6) is 0.0729. The Morgan fingerprint density at radius 1 is 1.67 bits per heavy atom. The number of aromatic nitrogens is 2. The van der Waals surface area contributed by atoms with Crippen molar-refractivity contribution in [3.8, 4) is 0 Å². The molecule has 0 radical (unpaired) electrons. The summed E-state index contributed by atoms with van der Waals surface area (Å²) >= 11 is 0. The number of carbonyl (C=O) groups excluding carboxylic acids is 1. The number of primary amides is 1. The van der Waals surface area contributed by atoms with E-state index < -0.39 is 5.91 Å². The molecule has 0 saturated heterocycles. The summed E-state index contributed by atoms with van der Waals surface area (Å²) in [5, 5.41) is 9.15. The van der Waals surface area contributed by atoms with E-state index in [1.807, 2.05) is 4.57 Å². The normalized spacial score (nSPS) is 23.8. The van der Waals surface area contributed by atoms with Crippen LogP contribution in [0.4, 0.5) is 5.82 Å². The zero-order chi connectivity index (χ0) is 13.1. The fourth-order valence-corrected chi connectivity index (χ4v) is 2.46. The molecule has 0 unspecified atom stereocenters. The molecular weight excluding hydrogens is 234 g/mol. The quantitative estimate of drug-likeness (QED) is 0.512. The van der Waals surface area contributed by atoms with Gasteiger partial charge in [0.05, 0.1) is 12.7 Å². The summed E-state index contributed by atoms with van der Waals surface area (Å²) in [5.41, 5.74) is 10.7. The summed E-state index contributed by atoms with van der Waals surface area (Å²) in [6.45, 7) is 0.184. The van der Waals surface area contributed by atoms with Crippen LogP contribution in [0.2, 0.25) is 0 Å². The van der Waals surface area contributed by atoms with Crippen molar-refractivity contribution in [3.05, 3.63) is 12.0 Å². The molecule has 1 aliphatic carbocycles. The number of carbonyl (C=O) groups is 1. The van der Waals surface area contributed by atoms with Gasteiger partial charge in [-0.15, -0.1) is 0 Å². The molecule has 1 amide bonds. The van der Waals surface area contributed by atoms with Crippen molar-refractivity contribution in [1.29, 1.82) is 0 Å². The van der Waals surface area contributed by atoms with Crippen molar-refractivity contribution >= 4 is 18.1 Å². The average Bonchev–Trinajstić information content (AvgIpc) is 2.94. The van der Waals surface area contributed by atoms with Crippen LogP contribution in [-0.4, -0.2) is 33.5 Å². The van der Waals surface area contributed by atoms with Gasteiger partial charge in [-0.05, 0) is 25.2 Å². The molecule has 1 heterocycles. The summed E-state index contributed by atoms with van der Waals surface area (Å²) in [4.78, 5) is 19.2. The maximum absolute atomic E-state index is 11.2. The number of nitrogens with zero attached hydrogens (tertiary/aromatic N) is 3. The first-order valence-corrected chi connectivity index (χ1v) is 5.89. The van der Waals surface area contributed by atoms with E-state index in [9.17, 15) is 4.79 Å². The van der Waals surface area contributed by atoms with Crippen molar-refractivity contribution in [2.24, 2.45) is 22.4 Å². The lowest BCUT2D eigenvalue weighted by atomic mass is 10.1. The molecule has 2 rings (SSSR count). The molecule has 2 atom stereocenters. The Bertz CT molecular complexity index is 468. The van der Waals surface area contributed by atoms with E-state index in [0.717, 1.165) is 25.6 Å². The predicted octanol–water partition coefficient (Wildman–Crippen LogP) is -0.0660. The third-order valence-electron chi connectivity index (χ3n) is 3.36. The summed E-state index contributed by atoms with van der Waals surface area (Å²) in [6.07, 6.45) is 5.41. The van der Waals surface area contributed by atoms with Crippen molar-refractivity contribution in [3.63, 3.8) is 0 Å². The predicted molar refractivity (Wildman–Crippen MR) is 66.5 cm³/mol. The highest BCUT2D eigenvalue weighted by molar-refractivity contribution is 5.95. The second-order valence-corrected chi connectivity index (χ2v) is 4.48. The van der Waals surface area contributed by atoms with Crippen LogP contribution in [0.25, 0.3) is 0 Å². The molecule has 1 saturated carbocycles. The Morgan fingerprint density at radius 3 is 3.00 bits per heavy atom. The number of aliphatic imine (C=N–C) groups is 1. The number of amides is 1. The Morgan fingerprint density at radius 2 is 2.44 bits per heavy atom. The average molecular weight is 251 g/mol. The van der Waals surface area contributed by atoms with Crippen LogP contribution in [0.15, 0.2) is 11.3 Å². The van der Waals surface area contributed by atoms with Gasteiger partial charge >= 0.3 is 0 Å². The smallest absolute Gasteiger partial charge is 0.271 e. The molecular formula is C11H17N5O2. The molecule has 1 fully saturated rings. The lowest BCUT2D eigenvalue weighted by Crippen LogP contribution is -2.13. The van der Waals surface area contributed by atoms with Crippen LogP contribution in [0.5, 0.6) is 0 Å². The molecule has 0 spiro atoms. The number of hydrogen-bond acceptors (Lipinski definition) is 4. The van der Waals surface area contributed by atoms with Gasteiger partial charge in [0.25, 0.3) is 5.91 Å². The second kappa shape index (κ2) is 5.18. The van der Waals surface area contributed by atoms with Gasteiger partial charge < -0.3 is 21.1 Å². The van der Waals surface area contributed by atoms with E-state index in [1.54, 1.807) is 6.33 Å². The van der Waals surface area contributed by atoms with Gasteiger partial charge in [0.2, 0.25) is 0 Å². The molecule has 98 valence electrons. The second-order valence-electron chi connectivity index (χ2n) is 4.48. The largest absolute Gasteiger partial charge is 0.396 e. The Balaban J connectivity index is 2.31. The summed E-state index contributed by atoms with van der Waals surface area (Å²) in [7, 11) is 0. The minimum Gasteiger partial charge on any atom is -0.396 e. The van der Waals surface area contributed by atoms with Crippen LogP contribution in [0.1, 0.15) is 35.8 Å². The van der Waals surface area contributed by atoms with Crippen molar-refractivity contribution < 1.29 is 9.90 Å². The summed E-state index contributed by atoms with van der Waals surface area (Å²) in [6, 6.07) is 0.182. The van der Waals surface area contributed by atoms with Crippen LogP contribution >= 0.6 is 0 Å². The Hall–Kier alpha value is -1.89. The SMILES string of the molecule is NC=Nc1c(C(N)=O)ncn1[C@H]1CC[C@@H](CO)C1. The monoisotopic (exact) mass is 251 g/mol. The first-order chi connectivity index (χ1) is 8.67. The van der Waals surface area contributed by atoms with Gasteiger partial charge in [-0.1, -0.05) is 0 Å². The van der Waals surface area contributed by atoms with Gasteiger partial charge in [0.1, 0.15) is 0 Å². The zero-order valence-corrected chi connectivity index (χ0v) is 9.99. The van der Waals surface area contributed by atoms with Crippen molar-refractivity contribution in [2.75, 3.05) is 6.61 Å². The highest BCUT2D eigenvalue weighted by Gasteiger charge is 2.28. The zero-order valence-electron chi connectivity index (χ0n) is 9.99. The Labute approximate surface area is 105 Å². The minimum atomic E-state index is -0.619. The molecule has 5 N–H and O–H groups in total. The molecule has 1 aromatic heterocycles. The molecule has 1 aromatic rings. The van der Waals surface area contributed by atoms with Gasteiger partial charge in [0.15, 0.2) is 11.5 Å². The molecule has 18 heavy (non-hydrogen) atoms. The number of aliphatic hydroxyl groups is 1. The van der Waals surface area contributed by atoms with E-state index in [4.69, 9.17) is 16.6 Å². The summed E-state index contributed by atoms with van der Waals surface area (Å²) < 4.78 is 1.82. The highest BCUT2D eigenvalue weighted by atomic mass is 16.3. The fraction of sp³-hybridized carbons (Fsp3) is 0.545. The maximum Gasteiger partial charge on any atom is 0.271 e. The van der Waals surface area contributed by atoms with Gasteiger partial charge in [-0.25, -0.2) is 9.98 Å². The van der Waals surface area contributed by atoms with E-state index in [2.05, 4.69) is 9.98 Å². The molecule has 7 heteroatoms. The molecule has 1 aliphatic rings. The lowest BCUT2D eigenvalue weighted by Gasteiger charge is -2.13. The fourth-order valence-electron chi connectivity index (χ4n) is 2.46. The van der Waals surface area contributed by atoms with Crippen LogP contribution in [-0.2, 0) is 0 Å². The van der Waals surface area contributed by atoms with Crippen LogP contribution in [0.3, 0.4) is 0 Å². The molecule has 0 bridgehead atoms. The standard InChI is InChI=1S/C11H17N5O2/c12-5-14-11-9(10(13)18)15-6-16(11)8-2-1-7(3-8)4-17/h5-8,17H,1-4H2,(H2,12,14)(H2,13,18)/t7-,8+/m1/s1. The third kappa shape index (κ3) is 2.21. The minimum absolute atomic E-state index is 0.129. The lowest BCUT2D eigenvalue weighted by molar-refractivity contribution is 0.0996. The van der Waals surface area contributed by atoms with E-state index in [1.165, 1.54) is 0 Å². The van der Waals surface area contributed by atoms with Crippen molar-refractivity contribution in [2.45, 2.75) is 25.3 Å². The van der Waals surface area contributed by atoms with Crippen LogP contribution < -0.4 is 11.5 Å². The van der Waals surface area contributed by atoms with Crippen molar-refractivity contribution in [1.82, 2.24) is 9.55 Å². The number of hydrogen-bond donors (Lipinski definition) is 3. The number of rotatable bonds is 4. The maximum atomic E-state index is 11.2. The van der Waals surface area contributed by atoms with E-state index in [0.29, 0.717) is 11.7 Å². The number of aliphatic hydroxyl groups excluding tert-OH is 1. The topological polar surface area (TPSA) is 120 Å². The molecule has 0 aliphatic heterocycles. The van der Waals surface area contributed by atoms with Crippen LogP contribution in [0, 0.1) is 5.92 Å². The van der Waals surface area contributed by atoms with E-state index >= 15 is 0 Å². The highest BCUT2D eigenvalue weighted by Crippen LogP contribution is 2.37. The van der Waals surface area contributed by atoms with Gasteiger partial charge in [-0.2, -0.15) is 0 Å². The number of nitrogens with two attached hydrogens (primary N) is 2. The molecule has 0 aromatic carbocycles. The number of imidazole rings is 1. The molecule has 7 nitrogen and oxygen atoms in total. The first kappa shape index (κ1) is 12.6. The third-order valence-corrected chi connectivity index (χ3v) is 3.36. The van der Waals surface area contributed by atoms with E-state index in [-0.39, 0.29) is 18.3 Å². The Kier molecular flexibility index (Phi) is 3.61. The first-order valence-electron chi connectivity index (χ1n) is 5.89. The van der Waals surface area contributed by atoms with Gasteiger partial charge in [0, 0.05) is 12.6 Å².